The molecule has 0 atom stereocenters. The Hall–Kier alpha value is -4.01. The lowest BCUT2D eigenvalue weighted by atomic mass is 10.1. The molecule has 4 rings (SSSR count). The molecule has 3 aromatic rings. The average molecular weight is 448 g/mol. The first kappa shape index (κ1) is 22.2. The van der Waals surface area contributed by atoms with Crippen LogP contribution in [0.1, 0.15) is 61.7 Å². The summed E-state index contributed by atoms with van der Waals surface area (Å²) in [6, 6.07) is 11.8. The maximum atomic E-state index is 12.9. The Morgan fingerprint density at radius 2 is 1.85 bits per heavy atom. The Bertz CT molecular complexity index is 1170. The van der Waals surface area contributed by atoms with E-state index in [1.165, 1.54) is 4.90 Å². The van der Waals surface area contributed by atoms with Gasteiger partial charge in [0.2, 0.25) is 5.89 Å². The number of nitrogens with zero attached hydrogens (tertiary/aromatic N) is 3. The zero-order chi connectivity index (χ0) is 23.4. The zero-order valence-electron chi connectivity index (χ0n) is 18.5. The fourth-order valence-electron chi connectivity index (χ4n) is 3.68. The predicted octanol–water partition coefficient (Wildman–Crippen LogP) is 2.94. The number of imide groups is 1. The summed E-state index contributed by atoms with van der Waals surface area (Å²) in [6.07, 6.45) is 1.19. The number of benzene rings is 2. The average Bonchev–Trinajstić information content (AvgIpc) is 3.34. The molecule has 2 heterocycles. The van der Waals surface area contributed by atoms with Gasteiger partial charge in [0, 0.05) is 13.0 Å². The van der Waals surface area contributed by atoms with Gasteiger partial charge in [-0.05, 0) is 50.1 Å². The highest BCUT2D eigenvalue weighted by Crippen LogP contribution is 2.26. The summed E-state index contributed by atoms with van der Waals surface area (Å²) in [5.74, 6) is 0.557. The van der Waals surface area contributed by atoms with Crippen LogP contribution in [0.3, 0.4) is 0 Å². The summed E-state index contributed by atoms with van der Waals surface area (Å²) < 4.78 is 10.7. The number of nitrogens with one attached hydrogen (secondary N) is 1. The molecule has 9 heteroatoms. The molecule has 0 unspecified atom stereocenters. The van der Waals surface area contributed by atoms with Crippen LogP contribution >= 0.6 is 0 Å². The van der Waals surface area contributed by atoms with Gasteiger partial charge in [-0.2, -0.15) is 4.98 Å². The van der Waals surface area contributed by atoms with Gasteiger partial charge in [-0.15, -0.1) is 0 Å². The summed E-state index contributed by atoms with van der Waals surface area (Å²) >= 11 is 0. The zero-order valence-corrected chi connectivity index (χ0v) is 18.5. The van der Waals surface area contributed by atoms with Crippen LogP contribution in [0.2, 0.25) is 0 Å². The maximum Gasteiger partial charge on any atom is 0.261 e. The highest BCUT2D eigenvalue weighted by atomic mass is 16.5. The van der Waals surface area contributed by atoms with E-state index in [9.17, 15) is 14.4 Å². The van der Waals surface area contributed by atoms with E-state index in [-0.39, 0.29) is 24.3 Å². The lowest BCUT2D eigenvalue weighted by Gasteiger charge is -2.16. The molecule has 1 N–H and O–H groups in total. The molecule has 0 spiro atoms. The number of aromatic nitrogens is 2. The Kier molecular flexibility index (Phi) is 6.48. The Balaban J connectivity index is 1.44. The molecule has 0 bridgehead atoms. The van der Waals surface area contributed by atoms with Crippen molar-refractivity contribution in [1.29, 1.82) is 0 Å². The third-order valence-corrected chi connectivity index (χ3v) is 5.23. The number of carbonyl (C=O) groups is 3. The number of fused-ring (bicyclic) bond motifs is 1. The highest BCUT2D eigenvalue weighted by molar-refractivity contribution is 6.21. The fraction of sp³-hybridized carbons (Fsp3) is 0.292. The Morgan fingerprint density at radius 1 is 1.12 bits per heavy atom. The first-order chi connectivity index (χ1) is 16.0. The molecule has 3 amide bonds. The second-order valence-corrected chi connectivity index (χ2v) is 7.60. The van der Waals surface area contributed by atoms with Gasteiger partial charge in [0.05, 0.1) is 29.8 Å². The Morgan fingerprint density at radius 3 is 2.48 bits per heavy atom. The molecular weight excluding hydrogens is 424 g/mol. The molecule has 170 valence electrons. The summed E-state index contributed by atoms with van der Waals surface area (Å²) in [6.45, 7) is 4.46. The van der Waals surface area contributed by atoms with Crippen molar-refractivity contribution < 1.29 is 23.6 Å². The van der Waals surface area contributed by atoms with E-state index >= 15 is 0 Å². The van der Waals surface area contributed by atoms with Gasteiger partial charge in [0.15, 0.2) is 5.82 Å². The van der Waals surface area contributed by atoms with Crippen LogP contribution in [0.4, 0.5) is 0 Å². The highest BCUT2D eigenvalue weighted by Gasteiger charge is 2.35. The molecule has 1 aliphatic heterocycles. The largest absolute Gasteiger partial charge is 0.493 e. The van der Waals surface area contributed by atoms with Crippen molar-refractivity contribution >= 4 is 17.7 Å². The van der Waals surface area contributed by atoms with Crippen LogP contribution in [0, 0.1) is 6.92 Å². The van der Waals surface area contributed by atoms with Crippen molar-refractivity contribution in [2.75, 3.05) is 13.2 Å². The minimum atomic E-state index is -0.341. The van der Waals surface area contributed by atoms with E-state index in [0.29, 0.717) is 65.7 Å². The van der Waals surface area contributed by atoms with E-state index in [1.54, 1.807) is 49.4 Å². The van der Waals surface area contributed by atoms with Gasteiger partial charge in [0.25, 0.3) is 17.7 Å². The number of carbonyl (C=O) groups excluding carboxylic acids is 3. The molecule has 0 saturated heterocycles. The lowest BCUT2D eigenvalue weighted by molar-refractivity contribution is 0.0642. The van der Waals surface area contributed by atoms with Crippen molar-refractivity contribution in [1.82, 2.24) is 20.4 Å². The summed E-state index contributed by atoms with van der Waals surface area (Å²) in [7, 11) is 0. The topological polar surface area (TPSA) is 115 Å². The second kappa shape index (κ2) is 9.64. The molecule has 1 aromatic heterocycles. The quantitative estimate of drug-likeness (QED) is 0.395. The van der Waals surface area contributed by atoms with E-state index in [0.717, 1.165) is 0 Å². The summed E-state index contributed by atoms with van der Waals surface area (Å²) in [5.41, 5.74) is 1.78. The minimum Gasteiger partial charge on any atom is -0.493 e. The number of hydrogen-bond donors (Lipinski definition) is 1. The first-order valence-corrected chi connectivity index (χ1v) is 10.8. The maximum absolute atomic E-state index is 12.9. The van der Waals surface area contributed by atoms with Gasteiger partial charge in [-0.3, -0.25) is 19.3 Å². The molecule has 2 aromatic carbocycles. The normalized spacial score (nSPS) is 12.7. The fourth-order valence-corrected chi connectivity index (χ4v) is 3.68. The second-order valence-electron chi connectivity index (χ2n) is 7.60. The smallest absolute Gasteiger partial charge is 0.261 e. The molecule has 33 heavy (non-hydrogen) atoms. The van der Waals surface area contributed by atoms with E-state index < -0.39 is 0 Å². The monoisotopic (exact) mass is 448 g/mol. The number of hydrogen-bond acceptors (Lipinski definition) is 7. The third kappa shape index (κ3) is 4.77. The van der Waals surface area contributed by atoms with Gasteiger partial charge >= 0.3 is 0 Å². The minimum absolute atomic E-state index is 0.0650. The van der Waals surface area contributed by atoms with Crippen molar-refractivity contribution in [2.24, 2.45) is 0 Å². The number of amides is 3. The number of ether oxygens (including phenoxy) is 1. The van der Waals surface area contributed by atoms with Crippen LogP contribution in [0.25, 0.3) is 0 Å². The molecular formula is C24H24N4O5. The number of rotatable bonds is 9. The van der Waals surface area contributed by atoms with Crippen molar-refractivity contribution in [3.05, 3.63) is 76.4 Å². The van der Waals surface area contributed by atoms with E-state index in [1.807, 2.05) is 6.92 Å². The molecule has 0 saturated carbocycles. The van der Waals surface area contributed by atoms with Crippen LogP contribution < -0.4 is 10.1 Å². The van der Waals surface area contributed by atoms with E-state index in [2.05, 4.69) is 15.5 Å². The van der Waals surface area contributed by atoms with Gasteiger partial charge in [-0.25, -0.2) is 0 Å². The molecule has 0 fully saturated rings. The van der Waals surface area contributed by atoms with Crippen LogP contribution in [0.5, 0.6) is 5.75 Å². The summed E-state index contributed by atoms with van der Waals surface area (Å²) in [5, 5.41) is 6.61. The van der Waals surface area contributed by atoms with Gasteiger partial charge in [0.1, 0.15) is 5.75 Å². The SMILES string of the molecule is CCOc1ccc(CN2C(=O)c3ccccc3C2=O)cc1C(=O)NCCCc1nc(C)no1. The van der Waals surface area contributed by atoms with Crippen LogP contribution in [0.15, 0.2) is 47.0 Å². The van der Waals surface area contributed by atoms with Gasteiger partial charge < -0.3 is 14.6 Å². The van der Waals surface area contributed by atoms with Crippen LogP contribution in [-0.4, -0.2) is 45.9 Å². The lowest BCUT2D eigenvalue weighted by Crippen LogP contribution is -2.29. The standard InChI is InChI=1S/C24H24N4O5/c1-3-32-20-11-10-16(14-28-23(30)17-7-4-5-8-18(17)24(28)31)13-19(20)22(29)25-12-6-9-21-26-15(2)27-33-21/h4-5,7-8,10-11,13H,3,6,9,12,14H2,1-2H3,(H,25,29). The third-order valence-electron chi connectivity index (χ3n) is 5.23. The Labute approximate surface area is 190 Å². The first-order valence-electron chi connectivity index (χ1n) is 10.8. The summed E-state index contributed by atoms with van der Waals surface area (Å²) in [4.78, 5) is 43.5. The number of aryl methyl sites for hydroxylation is 2. The van der Waals surface area contributed by atoms with Crippen molar-refractivity contribution in [3.8, 4) is 5.75 Å². The van der Waals surface area contributed by atoms with Crippen LogP contribution in [-0.2, 0) is 13.0 Å². The van der Waals surface area contributed by atoms with E-state index in [4.69, 9.17) is 9.26 Å². The molecule has 1 aliphatic rings. The van der Waals surface area contributed by atoms with Crippen molar-refractivity contribution in [2.45, 2.75) is 33.2 Å². The molecule has 0 radical (unpaired) electrons. The van der Waals surface area contributed by atoms with Crippen molar-refractivity contribution in [3.63, 3.8) is 0 Å². The molecule has 9 nitrogen and oxygen atoms in total. The molecule has 0 aliphatic carbocycles. The van der Waals surface area contributed by atoms with Gasteiger partial charge in [-0.1, -0.05) is 23.4 Å². The predicted molar refractivity (Wildman–Crippen MR) is 118 cm³/mol.